The number of hydrogen-bond acceptors (Lipinski definition) is 3. The third kappa shape index (κ3) is 3.83. The molecule has 0 aliphatic carbocycles. The van der Waals surface area contributed by atoms with Crippen molar-refractivity contribution < 1.29 is 14.6 Å². The summed E-state index contributed by atoms with van der Waals surface area (Å²) in [5, 5.41) is 10.3. The van der Waals surface area contributed by atoms with E-state index in [1.807, 2.05) is 61.5 Å². The first-order chi connectivity index (χ1) is 9.70. The van der Waals surface area contributed by atoms with Crippen LogP contribution < -0.4 is 4.74 Å². The van der Waals surface area contributed by atoms with Gasteiger partial charge >= 0.3 is 0 Å². The zero-order chi connectivity index (χ0) is 14.4. The molecule has 2 unspecified atom stereocenters. The zero-order valence-electron chi connectivity index (χ0n) is 11.8. The molecule has 0 aromatic heterocycles. The van der Waals surface area contributed by atoms with Crippen LogP contribution in [0.5, 0.6) is 5.75 Å². The van der Waals surface area contributed by atoms with Crippen LogP contribution in [0.4, 0.5) is 0 Å². The predicted molar refractivity (Wildman–Crippen MR) is 78.6 cm³/mol. The smallest absolute Gasteiger partial charge is 0.126 e. The molecule has 106 valence electrons. The van der Waals surface area contributed by atoms with Crippen LogP contribution in [0.25, 0.3) is 0 Å². The van der Waals surface area contributed by atoms with Crippen LogP contribution in [-0.4, -0.2) is 18.3 Å². The maximum atomic E-state index is 10.3. The molecule has 0 fully saturated rings. The lowest BCUT2D eigenvalue weighted by Crippen LogP contribution is -2.21. The molecule has 3 heteroatoms. The topological polar surface area (TPSA) is 38.7 Å². The van der Waals surface area contributed by atoms with Crippen molar-refractivity contribution in [1.82, 2.24) is 0 Å². The minimum absolute atomic E-state index is 0.324. The van der Waals surface area contributed by atoms with Crippen molar-refractivity contribution in [2.45, 2.75) is 25.7 Å². The van der Waals surface area contributed by atoms with Crippen LogP contribution in [0.2, 0.25) is 0 Å². The van der Waals surface area contributed by atoms with E-state index in [1.165, 1.54) is 0 Å². The minimum Gasteiger partial charge on any atom is -0.488 e. The van der Waals surface area contributed by atoms with E-state index in [9.17, 15) is 5.11 Å². The second kappa shape index (κ2) is 7.08. The van der Waals surface area contributed by atoms with Gasteiger partial charge in [0, 0.05) is 7.11 Å². The molecule has 2 rings (SSSR count). The van der Waals surface area contributed by atoms with Crippen molar-refractivity contribution in [3.63, 3.8) is 0 Å². The number of methoxy groups -OCH3 is 1. The fraction of sp³-hybridized carbons (Fsp3) is 0.294. The summed E-state index contributed by atoms with van der Waals surface area (Å²) in [6.07, 6.45) is -0.975. The third-order valence-corrected chi connectivity index (χ3v) is 3.12. The largest absolute Gasteiger partial charge is 0.488 e. The molecule has 0 bridgehead atoms. The Hall–Kier alpha value is -1.84. The highest BCUT2D eigenvalue weighted by atomic mass is 16.5. The minimum atomic E-state index is -0.651. The van der Waals surface area contributed by atoms with Crippen molar-refractivity contribution in [3.05, 3.63) is 65.7 Å². The number of benzene rings is 2. The highest BCUT2D eigenvalue weighted by molar-refractivity contribution is 5.28. The van der Waals surface area contributed by atoms with Gasteiger partial charge in [0.1, 0.15) is 18.0 Å². The first-order valence-electron chi connectivity index (χ1n) is 6.68. The van der Waals surface area contributed by atoms with Crippen LogP contribution in [0.15, 0.2) is 54.6 Å². The molecule has 0 saturated heterocycles. The van der Waals surface area contributed by atoms with Gasteiger partial charge in [0.15, 0.2) is 0 Å². The summed E-state index contributed by atoms with van der Waals surface area (Å²) in [6.45, 7) is 2.41. The van der Waals surface area contributed by atoms with Crippen LogP contribution in [0.1, 0.15) is 24.2 Å². The van der Waals surface area contributed by atoms with Gasteiger partial charge in [-0.3, -0.25) is 0 Å². The van der Waals surface area contributed by atoms with E-state index in [0.717, 1.165) is 16.9 Å². The Morgan fingerprint density at radius 3 is 2.50 bits per heavy atom. The van der Waals surface area contributed by atoms with Gasteiger partial charge in [0.05, 0.1) is 6.61 Å². The summed E-state index contributed by atoms with van der Waals surface area (Å²) in [7, 11) is 1.66. The Morgan fingerprint density at radius 2 is 1.80 bits per heavy atom. The Kier molecular flexibility index (Phi) is 5.16. The molecule has 0 spiro atoms. The first-order valence-corrected chi connectivity index (χ1v) is 6.68. The predicted octanol–water partition coefficient (Wildman–Crippen LogP) is 3.33. The molecule has 0 radical (unpaired) electrons. The van der Waals surface area contributed by atoms with Gasteiger partial charge in [-0.2, -0.15) is 0 Å². The number of aliphatic hydroxyl groups excluding tert-OH is 1. The van der Waals surface area contributed by atoms with Crippen molar-refractivity contribution in [3.8, 4) is 5.75 Å². The van der Waals surface area contributed by atoms with E-state index >= 15 is 0 Å². The van der Waals surface area contributed by atoms with Crippen LogP contribution in [0, 0.1) is 0 Å². The highest BCUT2D eigenvalue weighted by Gasteiger charge is 2.17. The fourth-order valence-electron chi connectivity index (χ4n) is 2.08. The summed E-state index contributed by atoms with van der Waals surface area (Å²) in [5.74, 6) is 0.738. The second-order valence-corrected chi connectivity index (χ2v) is 4.76. The molecule has 2 aromatic carbocycles. The van der Waals surface area contributed by atoms with Gasteiger partial charge in [-0.05, 0) is 30.2 Å². The van der Waals surface area contributed by atoms with E-state index in [1.54, 1.807) is 7.11 Å². The molecule has 0 saturated carbocycles. The number of aliphatic hydroxyl groups is 1. The SMILES string of the molecule is COCc1cccc(OC(C)C(O)c2ccccc2)c1. The maximum Gasteiger partial charge on any atom is 0.126 e. The summed E-state index contributed by atoms with van der Waals surface area (Å²) in [6, 6.07) is 17.2. The second-order valence-electron chi connectivity index (χ2n) is 4.76. The molecule has 2 aromatic rings. The van der Waals surface area contributed by atoms with E-state index in [4.69, 9.17) is 9.47 Å². The lowest BCUT2D eigenvalue weighted by molar-refractivity contribution is 0.0466. The average Bonchev–Trinajstić information content (AvgIpc) is 2.48. The number of ether oxygens (including phenoxy) is 2. The maximum absolute atomic E-state index is 10.3. The molecular weight excluding hydrogens is 252 g/mol. The normalized spacial score (nSPS) is 13.8. The Morgan fingerprint density at radius 1 is 1.05 bits per heavy atom. The molecular formula is C17H20O3. The molecule has 0 aliphatic heterocycles. The van der Waals surface area contributed by atoms with Gasteiger partial charge in [0.25, 0.3) is 0 Å². The summed E-state index contributed by atoms with van der Waals surface area (Å²) >= 11 is 0. The highest BCUT2D eigenvalue weighted by Crippen LogP contribution is 2.22. The molecule has 1 N–H and O–H groups in total. The van der Waals surface area contributed by atoms with Gasteiger partial charge in [0.2, 0.25) is 0 Å². The number of rotatable bonds is 6. The van der Waals surface area contributed by atoms with Crippen molar-refractivity contribution >= 4 is 0 Å². The molecule has 20 heavy (non-hydrogen) atoms. The van der Waals surface area contributed by atoms with E-state index in [-0.39, 0.29) is 6.10 Å². The Bertz CT molecular complexity index is 525. The first kappa shape index (κ1) is 14.6. The third-order valence-electron chi connectivity index (χ3n) is 3.12. The lowest BCUT2D eigenvalue weighted by atomic mass is 10.1. The Balaban J connectivity index is 2.04. The van der Waals surface area contributed by atoms with Gasteiger partial charge in [-0.1, -0.05) is 42.5 Å². The fourth-order valence-corrected chi connectivity index (χ4v) is 2.08. The van der Waals surface area contributed by atoms with E-state index in [0.29, 0.717) is 6.61 Å². The quantitative estimate of drug-likeness (QED) is 0.876. The van der Waals surface area contributed by atoms with Gasteiger partial charge < -0.3 is 14.6 Å². The summed E-state index contributed by atoms with van der Waals surface area (Å²) in [5.41, 5.74) is 1.90. The summed E-state index contributed by atoms with van der Waals surface area (Å²) < 4.78 is 10.9. The van der Waals surface area contributed by atoms with E-state index in [2.05, 4.69) is 0 Å². The monoisotopic (exact) mass is 272 g/mol. The van der Waals surface area contributed by atoms with Crippen molar-refractivity contribution in [2.75, 3.05) is 7.11 Å². The number of hydrogen-bond donors (Lipinski definition) is 1. The molecule has 2 atom stereocenters. The van der Waals surface area contributed by atoms with Gasteiger partial charge in [-0.15, -0.1) is 0 Å². The molecule has 0 amide bonds. The zero-order valence-corrected chi connectivity index (χ0v) is 11.8. The van der Waals surface area contributed by atoms with Crippen molar-refractivity contribution in [2.24, 2.45) is 0 Å². The van der Waals surface area contributed by atoms with Crippen LogP contribution in [0.3, 0.4) is 0 Å². The standard InChI is InChI=1S/C17H20O3/c1-13(17(18)15-8-4-3-5-9-15)20-16-10-6-7-14(11-16)12-19-2/h3-11,13,17-18H,12H2,1-2H3. The average molecular weight is 272 g/mol. The van der Waals surface area contributed by atoms with E-state index < -0.39 is 6.10 Å². The van der Waals surface area contributed by atoms with Crippen LogP contribution >= 0.6 is 0 Å². The van der Waals surface area contributed by atoms with Crippen LogP contribution in [-0.2, 0) is 11.3 Å². The molecule has 0 aliphatic rings. The molecule has 3 nitrogen and oxygen atoms in total. The lowest BCUT2D eigenvalue weighted by Gasteiger charge is -2.21. The molecule has 0 heterocycles. The Labute approximate surface area is 119 Å². The summed E-state index contributed by atoms with van der Waals surface area (Å²) in [4.78, 5) is 0. The van der Waals surface area contributed by atoms with Crippen molar-refractivity contribution in [1.29, 1.82) is 0 Å². The van der Waals surface area contributed by atoms with Gasteiger partial charge in [-0.25, -0.2) is 0 Å².